The van der Waals surface area contributed by atoms with E-state index >= 15 is 0 Å². The highest BCUT2D eigenvalue weighted by atomic mass is 35.5. The first-order valence-electron chi connectivity index (χ1n) is 8.04. The van der Waals surface area contributed by atoms with Crippen molar-refractivity contribution in [3.8, 4) is 5.75 Å². The monoisotopic (exact) mass is 362 g/mol. The van der Waals surface area contributed by atoms with Crippen molar-refractivity contribution < 1.29 is 18.7 Å². The number of hydrogen-bond acceptors (Lipinski definition) is 4. The molecule has 0 unspecified atom stereocenters. The predicted molar refractivity (Wildman–Crippen MR) is 94.0 cm³/mol. The van der Waals surface area contributed by atoms with Crippen LogP contribution < -0.4 is 10.1 Å². The average molecular weight is 363 g/mol. The summed E-state index contributed by atoms with van der Waals surface area (Å²) in [6.07, 6.45) is 4.38. The maximum absolute atomic E-state index is 12.6. The van der Waals surface area contributed by atoms with Gasteiger partial charge in [-0.25, -0.2) is 0 Å². The summed E-state index contributed by atoms with van der Waals surface area (Å²) in [6, 6.07) is 6.67. The summed E-state index contributed by atoms with van der Waals surface area (Å²) in [4.78, 5) is 26.8. The summed E-state index contributed by atoms with van der Waals surface area (Å²) >= 11 is 6.00. The first kappa shape index (κ1) is 17.4. The van der Waals surface area contributed by atoms with Gasteiger partial charge in [-0.2, -0.15) is 0 Å². The Labute approximate surface area is 150 Å². The number of nitrogens with zero attached hydrogens (tertiary/aromatic N) is 1. The summed E-state index contributed by atoms with van der Waals surface area (Å²) in [5.41, 5.74) is 1.02. The number of piperidine rings is 1. The summed E-state index contributed by atoms with van der Waals surface area (Å²) in [7, 11) is 1.53. The van der Waals surface area contributed by atoms with Crippen LogP contribution in [-0.2, 0) is 4.79 Å². The molecular weight excluding hydrogens is 344 g/mol. The second kappa shape index (κ2) is 7.61. The maximum Gasteiger partial charge on any atom is 0.257 e. The molecule has 1 saturated heterocycles. The van der Waals surface area contributed by atoms with Crippen LogP contribution >= 0.6 is 11.6 Å². The third-order valence-corrected chi connectivity index (χ3v) is 4.50. The Morgan fingerprint density at radius 1 is 1.36 bits per heavy atom. The number of halogens is 1. The molecule has 1 aromatic carbocycles. The van der Waals surface area contributed by atoms with Crippen LogP contribution in [0.25, 0.3) is 0 Å². The van der Waals surface area contributed by atoms with E-state index < -0.39 is 0 Å². The number of nitrogens with one attached hydrogen (secondary N) is 1. The normalized spacial score (nSPS) is 17.2. The van der Waals surface area contributed by atoms with E-state index in [2.05, 4.69) is 5.32 Å². The second-order valence-corrected chi connectivity index (χ2v) is 6.37. The lowest BCUT2D eigenvalue weighted by atomic mass is 9.96. The van der Waals surface area contributed by atoms with Crippen LogP contribution in [0.4, 0.5) is 5.69 Å². The van der Waals surface area contributed by atoms with Gasteiger partial charge in [0, 0.05) is 18.1 Å². The molecule has 2 aromatic rings. The van der Waals surface area contributed by atoms with Gasteiger partial charge >= 0.3 is 0 Å². The van der Waals surface area contributed by atoms with Gasteiger partial charge in [0.25, 0.3) is 5.91 Å². The molecular formula is C18H19ClN2O4. The highest BCUT2D eigenvalue weighted by Gasteiger charge is 2.29. The van der Waals surface area contributed by atoms with E-state index in [0.717, 1.165) is 12.8 Å². The second-order valence-electron chi connectivity index (χ2n) is 5.94. The molecule has 1 aromatic heterocycles. The maximum atomic E-state index is 12.6. The largest absolute Gasteiger partial charge is 0.495 e. The van der Waals surface area contributed by atoms with Crippen molar-refractivity contribution in [1.82, 2.24) is 4.90 Å². The number of carbonyl (C=O) groups is 2. The molecule has 132 valence electrons. The third-order valence-electron chi connectivity index (χ3n) is 4.27. The molecule has 0 radical (unpaired) electrons. The molecule has 6 nitrogen and oxygen atoms in total. The lowest BCUT2D eigenvalue weighted by Crippen LogP contribution is -2.43. The molecule has 0 saturated carbocycles. The van der Waals surface area contributed by atoms with Gasteiger partial charge in [0.2, 0.25) is 5.91 Å². The molecule has 25 heavy (non-hydrogen) atoms. The van der Waals surface area contributed by atoms with Gasteiger partial charge in [0.15, 0.2) is 0 Å². The smallest absolute Gasteiger partial charge is 0.257 e. The van der Waals surface area contributed by atoms with Gasteiger partial charge in [-0.05, 0) is 37.1 Å². The van der Waals surface area contributed by atoms with Crippen molar-refractivity contribution in [2.24, 2.45) is 5.92 Å². The van der Waals surface area contributed by atoms with E-state index in [1.807, 2.05) is 0 Å². The minimum absolute atomic E-state index is 0.119. The number of likely N-dealkylation sites (tertiary alicyclic amines) is 1. The number of rotatable bonds is 4. The highest BCUT2D eigenvalue weighted by Crippen LogP contribution is 2.29. The van der Waals surface area contributed by atoms with E-state index in [1.165, 1.54) is 19.6 Å². The van der Waals surface area contributed by atoms with E-state index in [4.69, 9.17) is 20.8 Å². The van der Waals surface area contributed by atoms with Gasteiger partial charge in [-0.15, -0.1) is 0 Å². The van der Waals surface area contributed by atoms with Crippen molar-refractivity contribution in [2.45, 2.75) is 12.8 Å². The van der Waals surface area contributed by atoms with E-state index in [1.54, 1.807) is 29.2 Å². The Bertz CT molecular complexity index is 760. The average Bonchev–Trinajstić information content (AvgIpc) is 3.16. The quantitative estimate of drug-likeness (QED) is 0.904. The van der Waals surface area contributed by atoms with Gasteiger partial charge in [-0.3, -0.25) is 9.59 Å². The van der Waals surface area contributed by atoms with Crippen LogP contribution in [0.3, 0.4) is 0 Å². The van der Waals surface area contributed by atoms with Crippen LogP contribution in [0.2, 0.25) is 5.02 Å². The fraction of sp³-hybridized carbons (Fsp3) is 0.333. The molecule has 3 rings (SSSR count). The first-order chi connectivity index (χ1) is 12.1. The summed E-state index contributed by atoms with van der Waals surface area (Å²) < 4.78 is 10.2. The number of furan rings is 1. The van der Waals surface area contributed by atoms with E-state index in [-0.39, 0.29) is 17.7 Å². The topological polar surface area (TPSA) is 71.8 Å². The Morgan fingerprint density at radius 3 is 2.92 bits per heavy atom. The van der Waals surface area contributed by atoms with Crippen LogP contribution in [-0.4, -0.2) is 36.9 Å². The van der Waals surface area contributed by atoms with Crippen LogP contribution in [0, 0.1) is 5.92 Å². The van der Waals surface area contributed by atoms with Crippen LogP contribution in [0.15, 0.2) is 41.2 Å². The minimum Gasteiger partial charge on any atom is -0.495 e. The summed E-state index contributed by atoms with van der Waals surface area (Å²) in [5, 5.41) is 3.37. The molecule has 2 heterocycles. The Morgan fingerprint density at radius 2 is 2.20 bits per heavy atom. The number of hydrogen-bond donors (Lipinski definition) is 1. The lowest BCUT2D eigenvalue weighted by Gasteiger charge is -2.31. The fourth-order valence-corrected chi connectivity index (χ4v) is 3.13. The zero-order valence-corrected chi connectivity index (χ0v) is 14.6. The van der Waals surface area contributed by atoms with Crippen molar-refractivity contribution >= 4 is 29.1 Å². The number of methoxy groups -OCH3 is 1. The molecule has 2 amide bonds. The zero-order chi connectivity index (χ0) is 17.8. The summed E-state index contributed by atoms with van der Waals surface area (Å²) in [6.45, 7) is 1.01. The first-order valence-corrected chi connectivity index (χ1v) is 8.42. The van der Waals surface area contributed by atoms with Gasteiger partial charge in [0.1, 0.15) is 12.0 Å². The van der Waals surface area contributed by atoms with E-state index in [9.17, 15) is 9.59 Å². The number of amides is 2. The van der Waals surface area contributed by atoms with Crippen LogP contribution in [0.1, 0.15) is 23.2 Å². The SMILES string of the molecule is COc1ccc(Cl)cc1NC(=O)[C@@H]1CCCN(C(=O)c2ccoc2)C1. The fourth-order valence-electron chi connectivity index (χ4n) is 2.96. The highest BCUT2D eigenvalue weighted by molar-refractivity contribution is 6.31. The molecule has 1 N–H and O–H groups in total. The number of anilines is 1. The van der Waals surface area contributed by atoms with Crippen molar-refractivity contribution in [1.29, 1.82) is 0 Å². The van der Waals surface area contributed by atoms with E-state index in [0.29, 0.717) is 35.1 Å². The van der Waals surface area contributed by atoms with Crippen molar-refractivity contribution in [3.63, 3.8) is 0 Å². The third kappa shape index (κ3) is 3.96. The molecule has 0 aliphatic carbocycles. The summed E-state index contributed by atoms with van der Waals surface area (Å²) in [5.74, 6) is -0.00924. The number of carbonyl (C=O) groups excluding carboxylic acids is 2. The Balaban J connectivity index is 1.68. The lowest BCUT2D eigenvalue weighted by molar-refractivity contribution is -0.121. The van der Waals surface area contributed by atoms with Gasteiger partial charge in [-0.1, -0.05) is 11.6 Å². The number of ether oxygens (including phenoxy) is 1. The Hall–Kier alpha value is -2.47. The minimum atomic E-state index is -0.284. The Kier molecular flexibility index (Phi) is 5.28. The van der Waals surface area contributed by atoms with Gasteiger partial charge < -0.3 is 19.4 Å². The van der Waals surface area contributed by atoms with Crippen molar-refractivity contribution in [3.05, 3.63) is 47.4 Å². The van der Waals surface area contributed by atoms with Gasteiger partial charge in [0.05, 0.1) is 30.5 Å². The molecule has 1 aliphatic heterocycles. The zero-order valence-electron chi connectivity index (χ0n) is 13.8. The molecule has 1 fully saturated rings. The number of benzene rings is 1. The molecule has 0 spiro atoms. The molecule has 7 heteroatoms. The predicted octanol–water partition coefficient (Wildman–Crippen LogP) is 3.43. The molecule has 1 atom stereocenters. The molecule has 1 aliphatic rings. The molecule has 0 bridgehead atoms. The standard InChI is InChI=1S/C18H19ClN2O4/c1-24-16-5-4-14(19)9-15(16)20-17(22)12-3-2-7-21(10-12)18(23)13-6-8-25-11-13/h4-6,8-9,11-12H,2-3,7,10H2,1H3,(H,20,22)/t12-/m1/s1. The van der Waals surface area contributed by atoms with Crippen LogP contribution in [0.5, 0.6) is 5.75 Å². The van der Waals surface area contributed by atoms with Crippen molar-refractivity contribution in [2.75, 3.05) is 25.5 Å².